The summed E-state index contributed by atoms with van der Waals surface area (Å²) in [5.74, 6) is 1.14. The summed E-state index contributed by atoms with van der Waals surface area (Å²) < 4.78 is 11.0. The third-order valence-corrected chi connectivity index (χ3v) is 4.09. The van der Waals surface area contributed by atoms with Gasteiger partial charge in [0.2, 0.25) is 5.88 Å². The fraction of sp³-hybridized carbons (Fsp3) is 0.706. The maximum absolute atomic E-state index is 12.0. The highest BCUT2D eigenvalue weighted by Gasteiger charge is 2.26. The predicted molar refractivity (Wildman–Crippen MR) is 92.3 cm³/mol. The van der Waals surface area contributed by atoms with Crippen LogP contribution in [0.25, 0.3) is 0 Å². The van der Waals surface area contributed by atoms with Crippen LogP contribution in [0.2, 0.25) is 5.15 Å². The lowest BCUT2D eigenvalue weighted by Crippen LogP contribution is -2.41. The molecule has 1 aliphatic heterocycles. The lowest BCUT2D eigenvalue weighted by Gasteiger charge is -2.33. The Morgan fingerprint density at radius 2 is 2.04 bits per heavy atom. The number of aromatic nitrogens is 2. The van der Waals surface area contributed by atoms with E-state index in [4.69, 9.17) is 21.1 Å². The Morgan fingerprint density at radius 3 is 2.67 bits per heavy atom. The SMILES string of the molecule is CC(C)(C)OC(=O)N1CCC(CCCOc2cc(Cl)ncn2)CC1. The van der Waals surface area contributed by atoms with E-state index >= 15 is 0 Å². The molecule has 24 heavy (non-hydrogen) atoms. The van der Waals surface area contributed by atoms with Crippen molar-refractivity contribution in [1.82, 2.24) is 14.9 Å². The third-order valence-electron chi connectivity index (χ3n) is 3.88. The molecule has 0 aromatic carbocycles. The molecule has 1 aromatic rings. The van der Waals surface area contributed by atoms with Gasteiger partial charge in [0.15, 0.2) is 0 Å². The summed E-state index contributed by atoms with van der Waals surface area (Å²) >= 11 is 5.79. The first-order chi connectivity index (χ1) is 11.3. The van der Waals surface area contributed by atoms with Crippen molar-refractivity contribution in [2.45, 2.75) is 52.1 Å². The van der Waals surface area contributed by atoms with E-state index in [1.807, 2.05) is 20.8 Å². The fourth-order valence-electron chi connectivity index (χ4n) is 2.68. The highest BCUT2D eigenvalue weighted by molar-refractivity contribution is 6.29. The Hall–Kier alpha value is -1.56. The molecule has 0 aliphatic carbocycles. The van der Waals surface area contributed by atoms with E-state index in [9.17, 15) is 4.79 Å². The van der Waals surface area contributed by atoms with E-state index < -0.39 is 5.60 Å². The second-order valence-corrected chi connectivity index (χ2v) is 7.47. The summed E-state index contributed by atoms with van der Waals surface area (Å²) in [5.41, 5.74) is -0.435. The van der Waals surface area contributed by atoms with Gasteiger partial charge in [-0.15, -0.1) is 0 Å². The minimum Gasteiger partial charge on any atom is -0.478 e. The normalized spacial score (nSPS) is 16.1. The van der Waals surface area contributed by atoms with Gasteiger partial charge >= 0.3 is 6.09 Å². The molecule has 0 spiro atoms. The van der Waals surface area contributed by atoms with Crippen molar-refractivity contribution >= 4 is 17.7 Å². The molecule has 2 rings (SSSR count). The number of rotatable bonds is 5. The van der Waals surface area contributed by atoms with Gasteiger partial charge in [-0.1, -0.05) is 11.6 Å². The molecular weight excluding hydrogens is 330 g/mol. The molecule has 0 atom stereocenters. The number of ether oxygens (including phenoxy) is 2. The van der Waals surface area contributed by atoms with Crippen LogP contribution >= 0.6 is 11.6 Å². The zero-order chi connectivity index (χ0) is 17.6. The van der Waals surface area contributed by atoms with Crippen LogP contribution in [0.4, 0.5) is 4.79 Å². The highest BCUT2D eigenvalue weighted by atomic mass is 35.5. The van der Waals surface area contributed by atoms with E-state index in [1.165, 1.54) is 6.33 Å². The van der Waals surface area contributed by atoms with Gasteiger partial charge in [0.1, 0.15) is 17.1 Å². The van der Waals surface area contributed by atoms with Crippen LogP contribution in [-0.2, 0) is 4.74 Å². The standard InChI is InChI=1S/C17H26ClN3O3/c1-17(2,3)24-16(22)21-8-6-13(7-9-21)5-4-10-23-15-11-14(18)19-12-20-15/h11-13H,4-10H2,1-3H3. The molecule has 0 bridgehead atoms. The molecule has 0 radical (unpaired) electrons. The van der Waals surface area contributed by atoms with Crippen LogP contribution in [-0.4, -0.2) is 46.3 Å². The second kappa shape index (κ2) is 8.51. The molecule has 1 amide bonds. The average molecular weight is 356 g/mol. The first-order valence-corrected chi connectivity index (χ1v) is 8.79. The Labute approximate surface area is 148 Å². The molecule has 6 nitrogen and oxygen atoms in total. The van der Waals surface area contributed by atoms with Gasteiger partial charge in [-0.3, -0.25) is 0 Å². The summed E-state index contributed by atoms with van der Waals surface area (Å²) in [6.45, 7) is 7.82. The molecule has 1 aromatic heterocycles. The average Bonchev–Trinajstić information content (AvgIpc) is 2.50. The molecule has 134 valence electrons. The van der Waals surface area contributed by atoms with E-state index in [-0.39, 0.29) is 6.09 Å². The van der Waals surface area contributed by atoms with Gasteiger partial charge in [0.05, 0.1) is 6.61 Å². The van der Waals surface area contributed by atoms with Crippen molar-refractivity contribution in [1.29, 1.82) is 0 Å². The summed E-state index contributed by atoms with van der Waals surface area (Å²) in [5, 5.41) is 0.384. The fourth-order valence-corrected chi connectivity index (χ4v) is 2.81. The number of carbonyl (C=O) groups excluding carboxylic acids is 1. The van der Waals surface area contributed by atoms with E-state index in [0.29, 0.717) is 23.6 Å². The summed E-state index contributed by atoms with van der Waals surface area (Å²) in [4.78, 5) is 21.7. The molecule has 0 N–H and O–H groups in total. The summed E-state index contributed by atoms with van der Waals surface area (Å²) in [7, 11) is 0. The van der Waals surface area contributed by atoms with Gasteiger partial charge in [-0.2, -0.15) is 0 Å². The zero-order valence-electron chi connectivity index (χ0n) is 14.6. The van der Waals surface area contributed by atoms with Gasteiger partial charge in [-0.25, -0.2) is 14.8 Å². The number of hydrogen-bond acceptors (Lipinski definition) is 5. The Bertz CT molecular complexity index is 540. The van der Waals surface area contributed by atoms with Gasteiger partial charge in [0, 0.05) is 19.2 Å². The van der Waals surface area contributed by atoms with Crippen LogP contribution in [0.3, 0.4) is 0 Å². The summed E-state index contributed by atoms with van der Waals surface area (Å²) in [6.07, 6.45) is 5.26. The minimum absolute atomic E-state index is 0.204. The third kappa shape index (κ3) is 6.51. The number of piperidine rings is 1. The molecule has 0 saturated carbocycles. The molecule has 2 heterocycles. The quantitative estimate of drug-likeness (QED) is 0.591. The Kier molecular flexibility index (Phi) is 6.66. The largest absolute Gasteiger partial charge is 0.478 e. The maximum atomic E-state index is 12.0. The van der Waals surface area contributed by atoms with E-state index in [0.717, 1.165) is 38.8 Å². The number of hydrogen-bond donors (Lipinski definition) is 0. The molecule has 1 saturated heterocycles. The topological polar surface area (TPSA) is 64.5 Å². The number of carbonyl (C=O) groups is 1. The zero-order valence-corrected chi connectivity index (χ0v) is 15.4. The smallest absolute Gasteiger partial charge is 0.410 e. The van der Waals surface area contributed by atoms with Crippen molar-refractivity contribution in [3.63, 3.8) is 0 Å². The van der Waals surface area contributed by atoms with E-state index in [2.05, 4.69) is 9.97 Å². The lowest BCUT2D eigenvalue weighted by molar-refractivity contribution is 0.0179. The number of halogens is 1. The maximum Gasteiger partial charge on any atom is 0.410 e. The van der Waals surface area contributed by atoms with Crippen molar-refractivity contribution in [2.24, 2.45) is 5.92 Å². The second-order valence-electron chi connectivity index (χ2n) is 7.08. The van der Waals surface area contributed by atoms with E-state index in [1.54, 1.807) is 11.0 Å². The van der Waals surface area contributed by atoms with Gasteiger partial charge in [0.25, 0.3) is 0 Å². The molecule has 1 fully saturated rings. The van der Waals surface area contributed by atoms with Gasteiger partial charge in [-0.05, 0) is 52.4 Å². The molecule has 0 unspecified atom stereocenters. The number of nitrogens with zero attached hydrogens (tertiary/aromatic N) is 3. The van der Waals surface area contributed by atoms with Crippen LogP contribution in [0.5, 0.6) is 5.88 Å². The van der Waals surface area contributed by atoms with Crippen LogP contribution in [0, 0.1) is 5.92 Å². The lowest BCUT2D eigenvalue weighted by atomic mass is 9.92. The highest BCUT2D eigenvalue weighted by Crippen LogP contribution is 2.23. The van der Waals surface area contributed by atoms with Crippen LogP contribution < -0.4 is 4.74 Å². The molecule has 7 heteroatoms. The van der Waals surface area contributed by atoms with Gasteiger partial charge < -0.3 is 14.4 Å². The molecular formula is C17H26ClN3O3. The van der Waals surface area contributed by atoms with Crippen molar-refractivity contribution < 1.29 is 14.3 Å². The van der Waals surface area contributed by atoms with Crippen molar-refractivity contribution in [3.8, 4) is 5.88 Å². The predicted octanol–water partition coefficient (Wildman–Crippen LogP) is 3.94. The Morgan fingerprint density at radius 1 is 1.33 bits per heavy atom. The number of amides is 1. The first-order valence-electron chi connectivity index (χ1n) is 8.42. The minimum atomic E-state index is -0.435. The first kappa shape index (κ1) is 18.8. The van der Waals surface area contributed by atoms with Crippen molar-refractivity contribution in [3.05, 3.63) is 17.5 Å². The monoisotopic (exact) mass is 355 g/mol. The molecule has 1 aliphatic rings. The summed E-state index contributed by atoms with van der Waals surface area (Å²) in [6, 6.07) is 1.61. The number of likely N-dealkylation sites (tertiary alicyclic amines) is 1. The van der Waals surface area contributed by atoms with Crippen LogP contribution in [0.15, 0.2) is 12.4 Å². The van der Waals surface area contributed by atoms with Crippen molar-refractivity contribution in [2.75, 3.05) is 19.7 Å². The van der Waals surface area contributed by atoms with Crippen LogP contribution in [0.1, 0.15) is 46.5 Å². The Balaban J connectivity index is 1.62.